The summed E-state index contributed by atoms with van der Waals surface area (Å²) < 4.78 is 4.91. The first-order chi connectivity index (χ1) is 5.09. The predicted octanol–water partition coefficient (Wildman–Crippen LogP) is 1.73. The summed E-state index contributed by atoms with van der Waals surface area (Å²) >= 11 is 0. The highest BCUT2D eigenvalue weighted by Gasteiger charge is 2.69. The normalized spacial score (nSPS) is 37.6. The van der Waals surface area contributed by atoms with Gasteiger partial charge < -0.3 is 4.74 Å². The number of ether oxygens (including phenoxy) is 1. The summed E-state index contributed by atoms with van der Waals surface area (Å²) in [7, 11) is 0. The third-order valence-electron chi connectivity index (χ3n) is 2.75. The van der Waals surface area contributed by atoms with Gasteiger partial charge in [-0.1, -0.05) is 26.2 Å². The zero-order valence-corrected chi connectivity index (χ0v) is 6.68. The van der Waals surface area contributed by atoms with Crippen molar-refractivity contribution in [2.45, 2.75) is 13.8 Å². The molecule has 2 atom stereocenters. The summed E-state index contributed by atoms with van der Waals surface area (Å²) in [6, 6.07) is 0. The molecule has 11 heavy (non-hydrogen) atoms. The van der Waals surface area contributed by atoms with E-state index >= 15 is 0 Å². The van der Waals surface area contributed by atoms with E-state index in [2.05, 4.69) is 26.2 Å². The highest BCUT2D eigenvalue weighted by atomic mass is 16.5. The molecule has 2 nitrogen and oxygen atoms in total. The lowest BCUT2D eigenvalue weighted by molar-refractivity contribution is -0.139. The lowest BCUT2D eigenvalue weighted by atomic mass is 10.1. The Morgan fingerprint density at radius 1 is 1.64 bits per heavy atom. The molecule has 1 heterocycles. The Morgan fingerprint density at radius 3 is 2.55 bits per heavy atom. The average Bonchev–Trinajstić information content (AvgIpc) is 2.37. The fraction of sp³-hybridized carbons (Fsp3) is 0.556. The smallest absolute Gasteiger partial charge is 0.315 e. The molecule has 0 aromatic rings. The monoisotopic (exact) mass is 152 g/mol. The largest absolute Gasteiger partial charge is 0.422 e. The number of hydrogen-bond donors (Lipinski definition) is 0. The highest BCUT2D eigenvalue weighted by molar-refractivity contribution is 5.83. The molecule has 60 valence electrons. The quantitative estimate of drug-likeness (QED) is 0.390. The maximum atomic E-state index is 11.1. The maximum Gasteiger partial charge on any atom is 0.315 e. The van der Waals surface area contributed by atoms with Gasteiger partial charge in [-0.05, 0) is 5.41 Å². The van der Waals surface area contributed by atoms with Gasteiger partial charge in [0.2, 0.25) is 0 Å². The van der Waals surface area contributed by atoms with E-state index in [1.807, 2.05) is 0 Å². The van der Waals surface area contributed by atoms with Gasteiger partial charge in [0, 0.05) is 7.34 Å². The van der Waals surface area contributed by atoms with E-state index in [1.165, 1.54) is 0 Å². The summed E-state index contributed by atoms with van der Waals surface area (Å²) in [4.78, 5) is 11.1. The van der Waals surface area contributed by atoms with Crippen LogP contribution in [0.1, 0.15) is 15.3 Å². The van der Waals surface area contributed by atoms with Gasteiger partial charge in [-0.15, -0.1) is 0 Å². The fourth-order valence-electron chi connectivity index (χ4n) is 1.95. The third-order valence-corrected chi connectivity index (χ3v) is 2.75. The molecule has 2 heteroatoms. The van der Waals surface area contributed by atoms with Crippen molar-refractivity contribution in [3.8, 4) is 0 Å². The zero-order chi connectivity index (χ0) is 8.22. The lowest BCUT2D eigenvalue weighted by Crippen LogP contribution is -2.08. The summed E-state index contributed by atoms with van der Waals surface area (Å²) in [5, 5.41) is 0. The van der Waals surface area contributed by atoms with Crippen molar-refractivity contribution >= 4 is 5.97 Å². The van der Waals surface area contributed by atoms with E-state index in [0.717, 1.165) is 0 Å². The first kappa shape index (κ1) is 6.68. The van der Waals surface area contributed by atoms with Crippen LogP contribution < -0.4 is 0 Å². The predicted molar refractivity (Wildman–Crippen MR) is 41.6 cm³/mol. The van der Waals surface area contributed by atoms with Crippen LogP contribution in [0.15, 0.2) is 18.1 Å². The van der Waals surface area contributed by atoms with Crippen molar-refractivity contribution in [2.75, 3.05) is 0 Å². The van der Waals surface area contributed by atoms with Crippen LogP contribution in [0.4, 0.5) is 0 Å². The topological polar surface area (TPSA) is 26.3 Å². The van der Waals surface area contributed by atoms with Crippen LogP contribution in [0.25, 0.3) is 0 Å². The summed E-state index contributed by atoms with van der Waals surface area (Å²) in [6.45, 7) is 7.62. The van der Waals surface area contributed by atoms with Crippen molar-refractivity contribution in [2.24, 2.45) is 17.3 Å². The van der Waals surface area contributed by atoms with Crippen LogP contribution in [-0.4, -0.2) is 5.97 Å². The SMILES string of the molecule is C=C=C1OC(=O)C2C1C2(C)C.[HH]. The van der Waals surface area contributed by atoms with E-state index < -0.39 is 0 Å². The van der Waals surface area contributed by atoms with E-state index in [4.69, 9.17) is 4.74 Å². The van der Waals surface area contributed by atoms with Crippen molar-refractivity contribution in [3.05, 3.63) is 18.1 Å². The molecule has 1 aliphatic heterocycles. The molecular weight excluding hydrogens is 140 g/mol. The average molecular weight is 152 g/mol. The molecule has 1 saturated carbocycles. The van der Waals surface area contributed by atoms with Crippen LogP contribution >= 0.6 is 0 Å². The Hall–Kier alpha value is -1.01. The molecular formula is C9H12O2. The molecule has 0 bridgehead atoms. The van der Waals surface area contributed by atoms with E-state index in [-0.39, 0.29) is 24.6 Å². The summed E-state index contributed by atoms with van der Waals surface area (Å²) in [5.74, 6) is 0.871. The minimum Gasteiger partial charge on any atom is -0.422 e. The first-order valence-electron chi connectivity index (χ1n) is 3.70. The highest BCUT2D eigenvalue weighted by Crippen LogP contribution is 2.65. The van der Waals surface area contributed by atoms with Gasteiger partial charge in [0.1, 0.15) is 0 Å². The molecule has 0 amide bonds. The minimum atomic E-state index is -0.105. The number of hydrogen-bond acceptors (Lipinski definition) is 2. The number of esters is 1. The minimum absolute atomic E-state index is 0. The fourth-order valence-corrected chi connectivity index (χ4v) is 1.95. The second kappa shape index (κ2) is 1.59. The van der Waals surface area contributed by atoms with Crippen LogP contribution in [0.3, 0.4) is 0 Å². The van der Waals surface area contributed by atoms with Crippen molar-refractivity contribution in [3.63, 3.8) is 0 Å². The molecule has 1 aliphatic carbocycles. The molecule has 2 fully saturated rings. The lowest BCUT2D eigenvalue weighted by Gasteiger charge is -2.07. The van der Waals surface area contributed by atoms with E-state index in [1.54, 1.807) is 0 Å². The van der Waals surface area contributed by atoms with Crippen LogP contribution in [-0.2, 0) is 9.53 Å². The van der Waals surface area contributed by atoms with Crippen molar-refractivity contribution in [1.29, 1.82) is 0 Å². The molecule has 0 aromatic carbocycles. The Labute approximate surface area is 67.0 Å². The maximum absolute atomic E-state index is 11.1. The van der Waals surface area contributed by atoms with Gasteiger partial charge >= 0.3 is 5.97 Å². The number of rotatable bonds is 0. The summed E-state index contributed by atoms with van der Waals surface area (Å²) in [5.41, 5.74) is 2.76. The number of allylic oxidation sites excluding steroid dienone is 1. The van der Waals surface area contributed by atoms with Crippen LogP contribution in [0.5, 0.6) is 0 Å². The Morgan fingerprint density at radius 2 is 2.27 bits per heavy atom. The van der Waals surface area contributed by atoms with Gasteiger partial charge in [0.05, 0.1) is 5.92 Å². The second-order valence-corrected chi connectivity index (χ2v) is 3.74. The molecule has 1 saturated heterocycles. The zero-order valence-electron chi connectivity index (χ0n) is 6.68. The van der Waals surface area contributed by atoms with Crippen LogP contribution in [0, 0.1) is 17.3 Å². The summed E-state index contributed by atoms with van der Waals surface area (Å²) in [6.07, 6.45) is 0. The standard InChI is InChI=1S/C9H10O2.H2/c1-4-5-6-7(8(10)11-5)9(6,2)3;/h6-7H,1H2,2-3H3;1H. The van der Waals surface area contributed by atoms with Gasteiger partial charge in [0.15, 0.2) is 5.76 Å². The number of carbonyl (C=O) groups excluding carboxylic acids is 1. The molecule has 2 unspecified atom stereocenters. The van der Waals surface area contributed by atoms with Gasteiger partial charge in [-0.2, -0.15) is 0 Å². The second-order valence-electron chi connectivity index (χ2n) is 3.74. The first-order valence-corrected chi connectivity index (χ1v) is 3.70. The van der Waals surface area contributed by atoms with Gasteiger partial charge in [-0.3, -0.25) is 4.79 Å². The molecule has 0 N–H and O–H groups in total. The Bertz CT molecular complexity index is 287. The molecule has 2 aliphatic rings. The van der Waals surface area contributed by atoms with Gasteiger partial charge in [-0.25, -0.2) is 0 Å². The Kier molecular flexibility index (Phi) is 0.967. The van der Waals surface area contributed by atoms with Gasteiger partial charge in [0.25, 0.3) is 0 Å². The number of carbonyl (C=O) groups is 1. The molecule has 0 aromatic heterocycles. The molecule has 2 rings (SSSR count). The molecule has 0 spiro atoms. The van der Waals surface area contributed by atoms with Crippen LogP contribution in [0.2, 0.25) is 0 Å². The van der Waals surface area contributed by atoms with Crippen molar-refractivity contribution in [1.82, 2.24) is 0 Å². The van der Waals surface area contributed by atoms with E-state index in [9.17, 15) is 4.79 Å². The van der Waals surface area contributed by atoms with E-state index in [0.29, 0.717) is 5.76 Å². The Balaban J connectivity index is 0.000000720. The van der Waals surface area contributed by atoms with Crippen molar-refractivity contribution < 1.29 is 11.0 Å². The number of fused-ring (bicyclic) bond motifs is 1. The third kappa shape index (κ3) is 0.603. The number of cyclic esters (lactones) is 1. The molecule has 0 radical (unpaired) electrons.